The highest BCUT2D eigenvalue weighted by molar-refractivity contribution is 8.14. The number of morpholine rings is 1. The van der Waals surface area contributed by atoms with Gasteiger partial charge in [-0.25, -0.2) is 9.79 Å². The fourth-order valence-electron chi connectivity index (χ4n) is 3.00. The lowest BCUT2D eigenvalue weighted by molar-refractivity contribution is 0.0410. The third-order valence-electron chi connectivity index (χ3n) is 4.46. The molecule has 2 aliphatic rings. The van der Waals surface area contributed by atoms with Crippen LogP contribution in [0.25, 0.3) is 0 Å². The normalized spacial score (nSPS) is 17.6. The smallest absolute Gasteiger partial charge is 0.330 e. The van der Waals surface area contributed by atoms with Crippen molar-refractivity contribution in [2.45, 2.75) is 13.0 Å². The predicted molar refractivity (Wildman–Crippen MR) is 103 cm³/mol. The third-order valence-corrected chi connectivity index (χ3v) is 5.94. The number of hydrogen-bond acceptors (Lipinski definition) is 7. The summed E-state index contributed by atoms with van der Waals surface area (Å²) in [5.41, 5.74) is 0.839. The van der Waals surface area contributed by atoms with Crippen LogP contribution in [0.4, 0.5) is 5.82 Å². The van der Waals surface area contributed by atoms with Crippen LogP contribution in [0.1, 0.15) is 5.56 Å². The molecule has 0 aromatic carbocycles. The van der Waals surface area contributed by atoms with Crippen LogP contribution >= 0.6 is 24.0 Å². The van der Waals surface area contributed by atoms with E-state index in [9.17, 15) is 4.79 Å². The first-order valence-corrected chi connectivity index (χ1v) is 9.83. The second-order valence-corrected chi connectivity index (χ2v) is 7.63. The second kappa shape index (κ2) is 8.59. The molecule has 3 rings (SSSR count). The number of rotatable bonds is 6. The van der Waals surface area contributed by atoms with E-state index in [-0.39, 0.29) is 5.69 Å². The molecule has 1 saturated heterocycles. The highest BCUT2D eigenvalue weighted by atomic mass is 32.2. The van der Waals surface area contributed by atoms with Gasteiger partial charge in [-0.1, -0.05) is 12.2 Å². The number of methoxy groups -OCH3 is 1. The number of aliphatic imine (C=N–C) groups is 1. The number of hydrogen-bond donors (Lipinski definition) is 0. The van der Waals surface area contributed by atoms with Gasteiger partial charge in [-0.3, -0.25) is 14.0 Å². The Labute approximate surface area is 156 Å². The molecular formula is C16H24N4O3S2. The monoisotopic (exact) mass is 384 g/mol. The van der Waals surface area contributed by atoms with E-state index in [4.69, 9.17) is 26.7 Å². The second-order valence-electron chi connectivity index (χ2n) is 6.08. The Bertz CT molecular complexity index is 766. The largest absolute Gasteiger partial charge is 0.383 e. The molecule has 3 heterocycles. The average molecular weight is 385 g/mol. The van der Waals surface area contributed by atoms with E-state index < -0.39 is 0 Å². The summed E-state index contributed by atoms with van der Waals surface area (Å²) in [5, 5.41) is 1.03. The van der Waals surface area contributed by atoms with Crippen LogP contribution < -0.4 is 5.69 Å². The first-order chi connectivity index (χ1) is 12.1. The lowest BCUT2D eigenvalue weighted by Gasteiger charge is -2.26. The molecule has 0 saturated carbocycles. The highest BCUT2D eigenvalue weighted by Crippen LogP contribution is 2.30. The van der Waals surface area contributed by atoms with Gasteiger partial charge < -0.3 is 9.47 Å². The average Bonchev–Trinajstić information content (AvgIpc) is 3.05. The minimum Gasteiger partial charge on any atom is -0.383 e. The maximum Gasteiger partial charge on any atom is 0.330 e. The Morgan fingerprint density at radius 2 is 2.08 bits per heavy atom. The van der Waals surface area contributed by atoms with Crippen LogP contribution in [0.2, 0.25) is 0 Å². The first kappa shape index (κ1) is 18.8. The van der Waals surface area contributed by atoms with E-state index in [0.29, 0.717) is 30.0 Å². The molecule has 25 heavy (non-hydrogen) atoms. The van der Waals surface area contributed by atoms with Gasteiger partial charge in [0, 0.05) is 51.5 Å². The summed E-state index contributed by atoms with van der Waals surface area (Å²) in [4.78, 5) is 19.6. The Hall–Kier alpha value is -1.00. The Morgan fingerprint density at radius 1 is 1.32 bits per heavy atom. The number of nitrogens with zero attached hydrogens (tertiary/aromatic N) is 4. The van der Waals surface area contributed by atoms with Crippen molar-refractivity contribution < 1.29 is 9.47 Å². The van der Waals surface area contributed by atoms with Crippen molar-refractivity contribution in [2.24, 2.45) is 12.0 Å². The van der Waals surface area contributed by atoms with Gasteiger partial charge in [0.05, 0.1) is 31.4 Å². The van der Waals surface area contributed by atoms with Crippen molar-refractivity contribution in [3.8, 4) is 0 Å². The number of ether oxygens (including phenoxy) is 2. The zero-order valence-electron chi connectivity index (χ0n) is 14.7. The van der Waals surface area contributed by atoms with Gasteiger partial charge in [0.1, 0.15) is 10.5 Å². The van der Waals surface area contributed by atoms with Crippen LogP contribution in [0, 0.1) is 4.64 Å². The maximum absolute atomic E-state index is 12.5. The van der Waals surface area contributed by atoms with Crippen LogP contribution in [-0.4, -0.2) is 71.4 Å². The fraction of sp³-hybridized carbons (Fsp3) is 0.688. The molecule has 2 aliphatic heterocycles. The molecule has 0 N–H and O–H groups in total. The Kier molecular flexibility index (Phi) is 6.45. The van der Waals surface area contributed by atoms with Gasteiger partial charge in [-0.2, -0.15) is 0 Å². The molecular weight excluding hydrogens is 360 g/mol. The first-order valence-electron chi connectivity index (χ1n) is 8.44. The van der Waals surface area contributed by atoms with Gasteiger partial charge in [0.2, 0.25) is 0 Å². The van der Waals surface area contributed by atoms with E-state index in [0.717, 1.165) is 49.2 Å². The minimum atomic E-state index is -0.135. The lowest BCUT2D eigenvalue weighted by Crippen LogP contribution is -2.37. The summed E-state index contributed by atoms with van der Waals surface area (Å²) in [5.74, 6) is 1.69. The zero-order valence-corrected chi connectivity index (χ0v) is 16.3. The summed E-state index contributed by atoms with van der Waals surface area (Å²) < 4.78 is 14.3. The van der Waals surface area contributed by atoms with Crippen molar-refractivity contribution in [2.75, 3.05) is 52.3 Å². The molecule has 138 valence electrons. The van der Waals surface area contributed by atoms with Crippen LogP contribution in [-0.2, 0) is 29.5 Å². The zero-order chi connectivity index (χ0) is 17.8. The molecule has 0 unspecified atom stereocenters. The van der Waals surface area contributed by atoms with Gasteiger partial charge >= 0.3 is 5.69 Å². The van der Waals surface area contributed by atoms with E-state index in [1.807, 2.05) is 0 Å². The minimum absolute atomic E-state index is 0.135. The van der Waals surface area contributed by atoms with Gasteiger partial charge in [0.15, 0.2) is 0 Å². The van der Waals surface area contributed by atoms with Crippen molar-refractivity contribution in [1.82, 2.24) is 14.0 Å². The molecule has 9 heteroatoms. The maximum atomic E-state index is 12.5. The van der Waals surface area contributed by atoms with Gasteiger partial charge in [-0.05, 0) is 0 Å². The standard InChI is InChI=1S/C16H24N4O3S2/c1-18-15(24)12-11-13(25-10-6-19-3-8-23-9-4-19)17-14(12)20(16(18)21)5-7-22-2/h3-11H2,1-2H3. The van der Waals surface area contributed by atoms with Crippen LogP contribution in [0.15, 0.2) is 9.79 Å². The van der Waals surface area contributed by atoms with Crippen molar-refractivity contribution >= 4 is 34.8 Å². The quantitative estimate of drug-likeness (QED) is 0.687. The van der Waals surface area contributed by atoms with Crippen LogP contribution in [0.3, 0.4) is 0 Å². The van der Waals surface area contributed by atoms with Crippen molar-refractivity contribution in [3.63, 3.8) is 0 Å². The van der Waals surface area contributed by atoms with Gasteiger partial charge in [-0.15, -0.1) is 11.8 Å². The molecule has 0 atom stereocenters. The fourth-order valence-corrected chi connectivity index (χ4v) is 4.22. The molecule has 7 nitrogen and oxygen atoms in total. The summed E-state index contributed by atoms with van der Waals surface area (Å²) in [7, 11) is 3.35. The molecule has 0 bridgehead atoms. The molecule has 0 aliphatic carbocycles. The van der Waals surface area contributed by atoms with Crippen LogP contribution in [0.5, 0.6) is 0 Å². The summed E-state index contributed by atoms with van der Waals surface area (Å²) in [6, 6.07) is 0. The van der Waals surface area contributed by atoms with E-state index >= 15 is 0 Å². The number of fused-ring (bicyclic) bond motifs is 1. The number of thioether (sulfide) groups is 1. The SMILES string of the molecule is COCCn1c2c(c(=S)n(C)c1=O)CC(SCCN1CCOCC1)=N2. The molecule has 0 spiro atoms. The van der Waals surface area contributed by atoms with Gasteiger partial charge in [0.25, 0.3) is 0 Å². The highest BCUT2D eigenvalue weighted by Gasteiger charge is 2.23. The van der Waals surface area contributed by atoms with E-state index in [1.54, 1.807) is 30.5 Å². The predicted octanol–water partition coefficient (Wildman–Crippen LogP) is 1.21. The molecule has 0 radical (unpaired) electrons. The summed E-state index contributed by atoms with van der Waals surface area (Å²) in [6.07, 6.45) is 0.711. The Balaban J connectivity index is 1.71. The van der Waals surface area contributed by atoms with E-state index in [1.165, 1.54) is 4.57 Å². The molecule has 0 amide bonds. The molecule has 1 aromatic rings. The van der Waals surface area contributed by atoms with Crippen molar-refractivity contribution in [3.05, 3.63) is 20.7 Å². The third kappa shape index (κ3) is 4.22. The molecule has 1 aromatic heterocycles. The molecule has 1 fully saturated rings. The summed E-state index contributed by atoms with van der Waals surface area (Å²) in [6.45, 7) is 5.60. The summed E-state index contributed by atoms with van der Waals surface area (Å²) >= 11 is 7.21. The van der Waals surface area contributed by atoms with Crippen molar-refractivity contribution in [1.29, 1.82) is 0 Å². The lowest BCUT2D eigenvalue weighted by atomic mass is 10.2. The van der Waals surface area contributed by atoms with E-state index in [2.05, 4.69) is 4.90 Å². The topological polar surface area (TPSA) is 61.0 Å². The number of aromatic nitrogens is 2. The Morgan fingerprint density at radius 3 is 2.80 bits per heavy atom.